The first-order valence-corrected chi connectivity index (χ1v) is 8.00. The predicted octanol–water partition coefficient (Wildman–Crippen LogP) is 3.22. The van der Waals surface area contributed by atoms with Gasteiger partial charge in [-0.15, -0.1) is 0 Å². The molecule has 1 heterocycles. The van der Waals surface area contributed by atoms with E-state index in [1.165, 1.54) is 0 Å². The molecule has 132 valence electrons. The van der Waals surface area contributed by atoms with Gasteiger partial charge in [0.05, 0.1) is 26.4 Å². The Bertz CT molecular complexity index is 741. The van der Waals surface area contributed by atoms with Crippen LogP contribution < -0.4 is 18.9 Å². The average Bonchev–Trinajstić information content (AvgIpc) is 3.12. The second-order valence-corrected chi connectivity index (χ2v) is 5.44. The van der Waals surface area contributed by atoms with Crippen LogP contribution >= 0.6 is 0 Å². The second kappa shape index (κ2) is 7.79. The number of carbonyl (C=O) groups is 1. The summed E-state index contributed by atoms with van der Waals surface area (Å²) < 4.78 is 27.1. The van der Waals surface area contributed by atoms with Crippen molar-refractivity contribution >= 4 is 5.97 Å². The van der Waals surface area contributed by atoms with Crippen LogP contribution in [-0.2, 0) is 11.2 Å². The molecule has 6 heteroatoms. The summed E-state index contributed by atoms with van der Waals surface area (Å²) in [6.07, 6.45) is 1.30. The first-order valence-electron chi connectivity index (χ1n) is 8.00. The number of methoxy groups -OCH3 is 2. The summed E-state index contributed by atoms with van der Waals surface area (Å²) in [6.45, 7) is 0.473. The highest BCUT2D eigenvalue weighted by molar-refractivity contribution is 5.89. The van der Waals surface area contributed by atoms with Crippen LogP contribution in [0.4, 0.5) is 0 Å². The van der Waals surface area contributed by atoms with Gasteiger partial charge in [0.15, 0.2) is 11.5 Å². The summed E-state index contributed by atoms with van der Waals surface area (Å²) in [7, 11) is 3.14. The minimum atomic E-state index is -0.323. The number of esters is 1. The summed E-state index contributed by atoms with van der Waals surface area (Å²) in [5.74, 6) is 2.00. The Balaban J connectivity index is 1.63. The van der Waals surface area contributed by atoms with Crippen molar-refractivity contribution in [2.75, 3.05) is 27.6 Å². The molecular formula is C19H20O6. The van der Waals surface area contributed by atoms with Crippen LogP contribution in [0.25, 0.3) is 0 Å². The molecule has 0 atom stereocenters. The molecule has 2 aromatic carbocycles. The Morgan fingerprint density at radius 2 is 1.84 bits per heavy atom. The molecule has 0 unspecified atom stereocenters. The average molecular weight is 344 g/mol. The van der Waals surface area contributed by atoms with E-state index in [9.17, 15) is 4.79 Å². The quantitative estimate of drug-likeness (QED) is 0.568. The van der Waals surface area contributed by atoms with Crippen molar-refractivity contribution in [3.05, 3.63) is 47.5 Å². The molecule has 3 rings (SSSR count). The number of benzene rings is 2. The molecule has 25 heavy (non-hydrogen) atoms. The van der Waals surface area contributed by atoms with Gasteiger partial charge in [-0.05, 0) is 31.0 Å². The Morgan fingerprint density at radius 3 is 2.56 bits per heavy atom. The van der Waals surface area contributed by atoms with Crippen molar-refractivity contribution < 1.29 is 28.5 Å². The van der Waals surface area contributed by atoms with Gasteiger partial charge in [-0.2, -0.15) is 0 Å². The molecule has 0 aliphatic carbocycles. The summed E-state index contributed by atoms with van der Waals surface area (Å²) in [5, 5.41) is 0. The third-order valence-corrected chi connectivity index (χ3v) is 3.89. The van der Waals surface area contributed by atoms with Gasteiger partial charge in [0.1, 0.15) is 0 Å². The van der Waals surface area contributed by atoms with E-state index in [0.717, 1.165) is 5.56 Å². The van der Waals surface area contributed by atoms with Crippen molar-refractivity contribution in [1.82, 2.24) is 0 Å². The maximum Gasteiger partial charge on any atom is 0.338 e. The van der Waals surface area contributed by atoms with Gasteiger partial charge in [-0.1, -0.05) is 18.2 Å². The summed E-state index contributed by atoms with van der Waals surface area (Å²) >= 11 is 0. The predicted molar refractivity (Wildman–Crippen MR) is 90.7 cm³/mol. The van der Waals surface area contributed by atoms with Crippen LogP contribution in [-0.4, -0.2) is 33.6 Å². The normalized spacial score (nSPS) is 11.9. The highest BCUT2D eigenvalue weighted by atomic mass is 16.7. The second-order valence-electron chi connectivity index (χ2n) is 5.44. The Hall–Kier alpha value is -2.89. The SMILES string of the molecule is COc1c(CCCOC(=O)c2ccccc2)cc2c(c1OC)OCO2. The minimum Gasteiger partial charge on any atom is -0.492 e. The smallest absolute Gasteiger partial charge is 0.338 e. The van der Waals surface area contributed by atoms with Crippen molar-refractivity contribution in [2.24, 2.45) is 0 Å². The highest BCUT2D eigenvalue weighted by Crippen LogP contribution is 2.49. The Kier molecular flexibility index (Phi) is 5.28. The lowest BCUT2D eigenvalue weighted by molar-refractivity contribution is 0.0500. The van der Waals surface area contributed by atoms with E-state index in [1.54, 1.807) is 38.5 Å². The van der Waals surface area contributed by atoms with E-state index in [2.05, 4.69) is 0 Å². The zero-order chi connectivity index (χ0) is 17.6. The number of carbonyl (C=O) groups excluding carboxylic acids is 1. The van der Waals surface area contributed by atoms with Crippen LogP contribution in [0.1, 0.15) is 22.3 Å². The van der Waals surface area contributed by atoms with Gasteiger partial charge in [-0.25, -0.2) is 4.79 Å². The number of hydrogen-bond donors (Lipinski definition) is 0. The van der Waals surface area contributed by atoms with Gasteiger partial charge >= 0.3 is 5.97 Å². The van der Waals surface area contributed by atoms with Crippen LogP contribution in [0, 0.1) is 0 Å². The van der Waals surface area contributed by atoms with Crippen molar-refractivity contribution in [1.29, 1.82) is 0 Å². The minimum absolute atomic E-state index is 0.160. The topological polar surface area (TPSA) is 63.2 Å². The van der Waals surface area contributed by atoms with E-state index >= 15 is 0 Å². The maximum atomic E-state index is 11.9. The fourth-order valence-electron chi connectivity index (χ4n) is 2.73. The molecule has 2 aromatic rings. The lowest BCUT2D eigenvalue weighted by atomic mass is 10.1. The first kappa shape index (κ1) is 17.0. The summed E-state index contributed by atoms with van der Waals surface area (Å²) in [6, 6.07) is 10.8. The molecule has 0 aromatic heterocycles. The van der Waals surface area contributed by atoms with Crippen LogP contribution in [0.3, 0.4) is 0 Å². The molecule has 0 bridgehead atoms. The molecule has 0 N–H and O–H groups in total. The van der Waals surface area contributed by atoms with Crippen molar-refractivity contribution in [2.45, 2.75) is 12.8 Å². The van der Waals surface area contributed by atoms with Gasteiger partial charge in [0, 0.05) is 5.56 Å². The van der Waals surface area contributed by atoms with Crippen molar-refractivity contribution in [3.8, 4) is 23.0 Å². The molecule has 0 spiro atoms. The summed E-state index contributed by atoms with van der Waals surface area (Å²) in [5.41, 5.74) is 1.46. The van der Waals surface area contributed by atoms with Gasteiger partial charge < -0.3 is 23.7 Å². The fraction of sp³-hybridized carbons (Fsp3) is 0.316. The van der Waals surface area contributed by atoms with Gasteiger partial charge in [0.2, 0.25) is 18.3 Å². The van der Waals surface area contributed by atoms with E-state index in [4.69, 9.17) is 23.7 Å². The largest absolute Gasteiger partial charge is 0.492 e. The van der Waals surface area contributed by atoms with Crippen molar-refractivity contribution in [3.63, 3.8) is 0 Å². The summed E-state index contributed by atoms with van der Waals surface area (Å²) in [4.78, 5) is 11.9. The van der Waals surface area contributed by atoms with Crippen LogP contribution in [0.15, 0.2) is 36.4 Å². The van der Waals surface area contributed by atoms with E-state index in [0.29, 0.717) is 48.0 Å². The molecule has 0 radical (unpaired) electrons. The number of hydrogen-bond acceptors (Lipinski definition) is 6. The van der Waals surface area contributed by atoms with Crippen LogP contribution in [0.2, 0.25) is 0 Å². The molecule has 1 aliphatic heterocycles. The lowest BCUT2D eigenvalue weighted by Gasteiger charge is -2.15. The molecule has 6 nitrogen and oxygen atoms in total. The van der Waals surface area contributed by atoms with E-state index < -0.39 is 0 Å². The Labute approximate surface area is 146 Å². The number of aryl methyl sites for hydroxylation is 1. The number of fused-ring (bicyclic) bond motifs is 1. The number of rotatable bonds is 7. The molecular weight excluding hydrogens is 324 g/mol. The molecule has 1 aliphatic rings. The first-order chi connectivity index (χ1) is 12.2. The third kappa shape index (κ3) is 3.63. The molecule has 0 saturated heterocycles. The van der Waals surface area contributed by atoms with Gasteiger partial charge in [-0.3, -0.25) is 0 Å². The van der Waals surface area contributed by atoms with E-state index in [1.807, 2.05) is 12.1 Å². The monoisotopic (exact) mass is 344 g/mol. The van der Waals surface area contributed by atoms with E-state index in [-0.39, 0.29) is 12.8 Å². The lowest BCUT2D eigenvalue weighted by Crippen LogP contribution is -2.07. The maximum absolute atomic E-state index is 11.9. The zero-order valence-corrected chi connectivity index (χ0v) is 14.2. The standard InChI is InChI=1S/C19H20O6/c1-21-16-14(11-15-17(18(16)22-2)25-12-24-15)9-6-10-23-19(20)13-7-4-3-5-8-13/h3-5,7-8,11H,6,9-10,12H2,1-2H3. The number of ether oxygens (including phenoxy) is 5. The Morgan fingerprint density at radius 1 is 1.08 bits per heavy atom. The van der Waals surface area contributed by atoms with Crippen LogP contribution in [0.5, 0.6) is 23.0 Å². The third-order valence-electron chi connectivity index (χ3n) is 3.89. The molecule has 0 saturated carbocycles. The van der Waals surface area contributed by atoms with Gasteiger partial charge in [0.25, 0.3) is 0 Å². The highest BCUT2D eigenvalue weighted by Gasteiger charge is 2.25. The molecule has 0 fully saturated rings. The zero-order valence-electron chi connectivity index (χ0n) is 14.2. The fourth-order valence-corrected chi connectivity index (χ4v) is 2.73. The molecule has 0 amide bonds.